The second-order valence-corrected chi connectivity index (χ2v) is 6.83. The number of amides is 1. The third-order valence-corrected chi connectivity index (χ3v) is 5.25. The number of aromatic nitrogens is 1. The van der Waals surface area contributed by atoms with Crippen molar-refractivity contribution in [2.24, 2.45) is 0 Å². The quantitative estimate of drug-likeness (QED) is 0.864. The molecule has 2 fully saturated rings. The molecule has 1 aromatic carbocycles. The molecule has 2 aliphatic rings. The minimum Gasteiger partial charge on any atom is -0.388 e. The number of benzene rings is 1. The minimum absolute atomic E-state index is 0.206. The number of ether oxygens (including phenoxy) is 1. The topological polar surface area (TPSA) is 88.7 Å². The summed E-state index contributed by atoms with van der Waals surface area (Å²) in [6.07, 6.45) is 1.55. The maximum absolute atomic E-state index is 12.7. The van der Waals surface area contributed by atoms with Gasteiger partial charge in [0.15, 0.2) is 0 Å². The van der Waals surface area contributed by atoms with Crippen molar-refractivity contribution in [2.45, 2.75) is 24.0 Å². The summed E-state index contributed by atoms with van der Waals surface area (Å²) in [6.45, 7) is 1.16. The van der Waals surface area contributed by atoms with Gasteiger partial charge in [0.1, 0.15) is 17.5 Å². The van der Waals surface area contributed by atoms with Crippen LogP contribution >= 0.6 is 0 Å². The Morgan fingerprint density at radius 3 is 2.84 bits per heavy atom. The van der Waals surface area contributed by atoms with Crippen molar-refractivity contribution in [3.05, 3.63) is 59.8 Å². The molecule has 6 heteroatoms. The summed E-state index contributed by atoms with van der Waals surface area (Å²) in [4.78, 5) is 18.3. The zero-order chi connectivity index (χ0) is 17.4. The van der Waals surface area contributed by atoms with Crippen LogP contribution < -0.4 is 5.73 Å². The number of aliphatic hydroxyl groups excluding tert-OH is 1. The van der Waals surface area contributed by atoms with Crippen molar-refractivity contribution < 1.29 is 14.6 Å². The van der Waals surface area contributed by atoms with Crippen LogP contribution in [0.25, 0.3) is 0 Å². The van der Waals surface area contributed by atoms with Gasteiger partial charge in [-0.3, -0.25) is 4.79 Å². The molecule has 1 amide bonds. The largest absolute Gasteiger partial charge is 0.388 e. The Morgan fingerprint density at radius 1 is 1.28 bits per heavy atom. The SMILES string of the molecule is Nc1ncccc1C(=O)N1C[C@@H](O)[C@@]2(C[C@H](c3ccccc3)CO2)C1. The maximum Gasteiger partial charge on any atom is 0.257 e. The van der Waals surface area contributed by atoms with E-state index in [1.165, 1.54) is 5.56 Å². The average Bonchev–Trinajstić information content (AvgIpc) is 3.21. The van der Waals surface area contributed by atoms with E-state index in [0.717, 1.165) is 0 Å². The fraction of sp³-hybridized carbons (Fsp3) is 0.368. The standard InChI is InChI=1S/C19H21N3O3/c20-17-15(7-4-8-21-17)18(24)22-10-16(23)19(12-22)9-14(11-25-19)13-5-2-1-3-6-13/h1-8,14,16,23H,9-12H2,(H2,20,21)/t14-,16+,19+/m0/s1. The van der Waals surface area contributed by atoms with Gasteiger partial charge in [0.2, 0.25) is 0 Å². The van der Waals surface area contributed by atoms with Crippen molar-refractivity contribution in [1.82, 2.24) is 9.88 Å². The summed E-state index contributed by atoms with van der Waals surface area (Å²) >= 11 is 0. The van der Waals surface area contributed by atoms with E-state index in [9.17, 15) is 9.90 Å². The molecular formula is C19H21N3O3. The molecule has 0 saturated carbocycles. The van der Waals surface area contributed by atoms with Gasteiger partial charge in [0.05, 0.1) is 18.7 Å². The van der Waals surface area contributed by atoms with Crippen LogP contribution in [-0.2, 0) is 4.74 Å². The van der Waals surface area contributed by atoms with Gasteiger partial charge in [-0.15, -0.1) is 0 Å². The Balaban J connectivity index is 1.52. The lowest BCUT2D eigenvalue weighted by Crippen LogP contribution is -2.41. The number of hydrogen-bond acceptors (Lipinski definition) is 5. The number of hydrogen-bond donors (Lipinski definition) is 2. The summed E-state index contributed by atoms with van der Waals surface area (Å²) in [5, 5.41) is 10.6. The van der Waals surface area contributed by atoms with Gasteiger partial charge in [0.25, 0.3) is 5.91 Å². The van der Waals surface area contributed by atoms with Gasteiger partial charge in [-0.05, 0) is 24.1 Å². The Bertz CT molecular complexity index is 782. The Kier molecular flexibility index (Phi) is 3.94. The number of nitrogens with two attached hydrogens (primary N) is 1. The zero-order valence-electron chi connectivity index (χ0n) is 13.8. The number of aliphatic hydroxyl groups is 1. The molecule has 3 N–H and O–H groups in total. The van der Waals surface area contributed by atoms with Gasteiger partial charge < -0.3 is 20.5 Å². The van der Waals surface area contributed by atoms with Crippen LogP contribution in [0.1, 0.15) is 28.3 Å². The molecule has 1 aromatic heterocycles. The molecule has 130 valence electrons. The molecule has 2 aromatic rings. The molecule has 4 rings (SSSR count). The lowest BCUT2D eigenvalue weighted by atomic mass is 9.87. The first-order valence-corrected chi connectivity index (χ1v) is 8.46. The van der Waals surface area contributed by atoms with Crippen LogP contribution in [0.2, 0.25) is 0 Å². The molecule has 1 spiro atoms. The first kappa shape index (κ1) is 16.1. The van der Waals surface area contributed by atoms with E-state index in [1.54, 1.807) is 23.2 Å². The van der Waals surface area contributed by atoms with E-state index in [-0.39, 0.29) is 24.2 Å². The molecule has 6 nitrogen and oxygen atoms in total. The first-order valence-electron chi connectivity index (χ1n) is 8.46. The van der Waals surface area contributed by atoms with E-state index in [0.29, 0.717) is 25.1 Å². The van der Waals surface area contributed by atoms with Crippen LogP contribution in [0.4, 0.5) is 5.82 Å². The molecule has 0 bridgehead atoms. The van der Waals surface area contributed by atoms with Crippen LogP contribution in [0.5, 0.6) is 0 Å². The second-order valence-electron chi connectivity index (χ2n) is 6.83. The highest BCUT2D eigenvalue weighted by molar-refractivity contribution is 5.98. The van der Waals surface area contributed by atoms with Gasteiger partial charge >= 0.3 is 0 Å². The van der Waals surface area contributed by atoms with Crippen molar-refractivity contribution in [1.29, 1.82) is 0 Å². The Morgan fingerprint density at radius 2 is 2.08 bits per heavy atom. The Labute approximate surface area is 146 Å². The predicted octanol–water partition coefficient (Wildman–Crippen LogP) is 1.42. The number of nitrogen functional groups attached to an aromatic ring is 1. The molecule has 0 radical (unpaired) electrons. The summed E-state index contributed by atoms with van der Waals surface area (Å²) < 4.78 is 6.04. The van der Waals surface area contributed by atoms with Crippen LogP contribution in [-0.4, -0.2) is 52.3 Å². The second kappa shape index (κ2) is 6.13. The summed E-state index contributed by atoms with van der Waals surface area (Å²) in [7, 11) is 0. The number of likely N-dealkylation sites (tertiary alicyclic amines) is 1. The number of carbonyl (C=O) groups is 1. The summed E-state index contributed by atoms with van der Waals surface area (Å²) in [5.74, 6) is 0.222. The Hall–Kier alpha value is -2.44. The molecule has 0 unspecified atom stereocenters. The van der Waals surface area contributed by atoms with Crippen molar-refractivity contribution >= 4 is 11.7 Å². The molecular weight excluding hydrogens is 318 g/mol. The van der Waals surface area contributed by atoms with E-state index < -0.39 is 11.7 Å². The van der Waals surface area contributed by atoms with Gasteiger partial charge in [-0.25, -0.2) is 4.98 Å². The lowest BCUT2D eigenvalue weighted by molar-refractivity contribution is -0.0591. The average molecular weight is 339 g/mol. The number of pyridine rings is 1. The number of nitrogens with zero attached hydrogens (tertiary/aromatic N) is 2. The zero-order valence-corrected chi connectivity index (χ0v) is 13.8. The van der Waals surface area contributed by atoms with E-state index in [2.05, 4.69) is 17.1 Å². The fourth-order valence-corrected chi connectivity index (χ4v) is 3.87. The highest BCUT2D eigenvalue weighted by Gasteiger charge is 2.53. The number of β-amino-alcohol motifs (C(OH)–C–C–N with tert-alkyl or cyclic N) is 1. The molecule has 3 heterocycles. The highest BCUT2D eigenvalue weighted by Crippen LogP contribution is 2.42. The van der Waals surface area contributed by atoms with Gasteiger partial charge in [-0.2, -0.15) is 0 Å². The predicted molar refractivity (Wildman–Crippen MR) is 93.0 cm³/mol. The highest BCUT2D eigenvalue weighted by atomic mass is 16.5. The number of carbonyl (C=O) groups excluding carboxylic acids is 1. The van der Waals surface area contributed by atoms with E-state index in [4.69, 9.17) is 10.5 Å². The number of rotatable bonds is 2. The van der Waals surface area contributed by atoms with Crippen molar-refractivity contribution in [3.8, 4) is 0 Å². The fourth-order valence-electron chi connectivity index (χ4n) is 3.87. The van der Waals surface area contributed by atoms with Crippen LogP contribution in [0.15, 0.2) is 48.7 Å². The summed E-state index contributed by atoms with van der Waals surface area (Å²) in [5.41, 5.74) is 6.68. The third kappa shape index (κ3) is 2.77. The molecule has 2 saturated heterocycles. The van der Waals surface area contributed by atoms with E-state index >= 15 is 0 Å². The minimum atomic E-state index is -0.706. The monoisotopic (exact) mass is 339 g/mol. The van der Waals surface area contributed by atoms with E-state index in [1.807, 2.05) is 18.2 Å². The molecule has 2 aliphatic heterocycles. The smallest absolute Gasteiger partial charge is 0.257 e. The van der Waals surface area contributed by atoms with Crippen molar-refractivity contribution in [3.63, 3.8) is 0 Å². The summed E-state index contributed by atoms with van der Waals surface area (Å²) in [6, 6.07) is 13.5. The first-order chi connectivity index (χ1) is 12.1. The number of anilines is 1. The third-order valence-electron chi connectivity index (χ3n) is 5.25. The lowest BCUT2D eigenvalue weighted by Gasteiger charge is -2.26. The van der Waals surface area contributed by atoms with Crippen LogP contribution in [0.3, 0.4) is 0 Å². The van der Waals surface area contributed by atoms with Crippen molar-refractivity contribution in [2.75, 3.05) is 25.4 Å². The normalized spacial score (nSPS) is 28.6. The maximum atomic E-state index is 12.7. The van der Waals surface area contributed by atoms with Gasteiger partial charge in [0, 0.05) is 18.7 Å². The molecule has 0 aliphatic carbocycles. The van der Waals surface area contributed by atoms with Gasteiger partial charge in [-0.1, -0.05) is 30.3 Å². The molecule has 25 heavy (non-hydrogen) atoms. The molecule has 3 atom stereocenters. The van der Waals surface area contributed by atoms with Crippen LogP contribution in [0, 0.1) is 0 Å².